The van der Waals surface area contributed by atoms with Crippen LogP contribution in [0.2, 0.25) is 0 Å². The van der Waals surface area contributed by atoms with E-state index in [4.69, 9.17) is 0 Å². The summed E-state index contributed by atoms with van der Waals surface area (Å²) in [6, 6.07) is 0. The number of nitrogens with zero attached hydrogens (tertiary/aromatic N) is 4. The number of aryl methyl sites for hydroxylation is 1. The fourth-order valence-electron chi connectivity index (χ4n) is 2.25. The minimum absolute atomic E-state index is 0.424. The van der Waals surface area contributed by atoms with Gasteiger partial charge in [-0.3, -0.25) is 4.68 Å². The molecule has 0 aliphatic carbocycles. The van der Waals surface area contributed by atoms with E-state index in [1.165, 1.54) is 6.33 Å². The van der Waals surface area contributed by atoms with Crippen molar-refractivity contribution in [3.63, 3.8) is 0 Å². The lowest BCUT2D eigenvalue weighted by Crippen LogP contribution is -2.45. The van der Waals surface area contributed by atoms with Crippen LogP contribution >= 0.6 is 0 Å². The van der Waals surface area contributed by atoms with Crippen molar-refractivity contribution in [3.05, 3.63) is 12.7 Å². The highest BCUT2D eigenvalue weighted by molar-refractivity contribution is 7.87. The smallest absolute Gasteiger partial charge is 0.253 e. The van der Waals surface area contributed by atoms with Crippen LogP contribution in [0.15, 0.2) is 12.7 Å². The summed E-state index contributed by atoms with van der Waals surface area (Å²) >= 11 is 0. The van der Waals surface area contributed by atoms with E-state index < -0.39 is 10.2 Å². The molecule has 2 heterocycles. The van der Waals surface area contributed by atoms with Gasteiger partial charge < -0.3 is 0 Å². The Morgan fingerprint density at radius 2 is 2.32 bits per heavy atom. The van der Waals surface area contributed by atoms with Gasteiger partial charge in [0.05, 0.1) is 0 Å². The first-order valence-corrected chi connectivity index (χ1v) is 8.09. The normalized spacial score (nSPS) is 21.6. The third-order valence-corrected chi connectivity index (χ3v) is 4.86. The molecule has 7 nitrogen and oxygen atoms in total. The predicted octanol–water partition coefficient (Wildman–Crippen LogP) is 0.235. The van der Waals surface area contributed by atoms with Gasteiger partial charge in [-0.1, -0.05) is 6.92 Å². The predicted molar refractivity (Wildman–Crippen MR) is 71.5 cm³/mol. The maximum atomic E-state index is 12.1. The summed E-state index contributed by atoms with van der Waals surface area (Å²) in [7, 11) is -3.32. The molecule has 1 aliphatic heterocycles. The quantitative estimate of drug-likeness (QED) is 0.760. The average Bonchev–Trinajstić information content (AvgIpc) is 2.88. The fraction of sp³-hybridized carbons (Fsp3) is 0.818. The molecule has 108 valence electrons. The number of nitrogens with one attached hydrogen (secondary N) is 1. The Hall–Kier alpha value is -0.990. The van der Waals surface area contributed by atoms with E-state index >= 15 is 0 Å². The summed E-state index contributed by atoms with van der Waals surface area (Å²) in [4.78, 5) is 3.84. The van der Waals surface area contributed by atoms with Crippen LogP contribution in [0.25, 0.3) is 0 Å². The van der Waals surface area contributed by atoms with Crippen molar-refractivity contribution < 1.29 is 8.42 Å². The number of hydrogen-bond donors (Lipinski definition) is 1. The van der Waals surface area contributed by atoms with Crippen LogP contribution in [0.4, 0.5) is 0 Å². The molecule has 1 saturated heterocycles. The van der Waals surface area contributed by atoms with Crippen LogP contribution in [0, 0.1) is 5.92 Å². The SMILES string of the molecule is CC1CCCN(S(=O)(=O)NCCCn2cncn2)C1. The number of hydrogen-bond acceptors (Lipinski definition) is 4. The third-order valence-electron chi connectivity index (χ3n) is 3.27. The molecule has 8 heteroatoms. The maximum Gasteiger partial charge on any atom is 0.279 e. The standard InChI is InChI=1S/C11H21N5O2S/c1-11-4-2-7-16(8-11)19(17,18)14-5-3-6-15-10-12-9-13-15/h9-11,14H,2-8H2,1H3. The molecule has 1 aliphatic rings. The monoisotopic (exact) mass is 287 g/mol. The molecule has 0 bridgehead atoms. The highest BCUT2D eigenvalue weighted by atomic mass is 32.2. The Morgan fingerprint density at radius 1 is 1.47 bits per heavy atom. The molecule has 1 atom stereocenters. The molecule has 1 aromatic rings. The second kappa shape index (κ2) is 6.44. The molecule has 0 saturated carbocycles. The van der Waals surface area contributed by atoms with Gasteiger partial charge >= 0.3 is 0 Å². The summed E-state index contributed by atoms with van der Waals surface area (Å²) in [6.07, 6.45) is 5.85. The van der Waals surface area contributed by atoms with Crippen molar-refractivity contribution in [1.29, 1.82) is 0 Å². The first-order valence-electron chi connectivity index (χ1n) is 6.65. The van der Waals surface area contributed by atoms with Gasteiger partial charge in [-0.05, 0) is 25.2 Å². The topological polar surface area (TPSA) is 80.1 Å². The third kappa shape index (κ3) is 4.26. The zero-order valence-electron chi connectivity index (χ0n) is 11.2. The lowest BCUT2D eigenvalue weighted by molar-refractivity contribution is 0.278. The highest BCUT2D eigenvalue weighted by Gasteiger charge is 2.26. The summed E-state index contributed by atoms with van der Waals surface area (Å²) in [5.41, 5.74) is 0. The first-order chi connectivity index (χ1) is 9.08. The number of rotatable bonds is 6. The molecule has 1 N–H and O–H groups in total. The minimum Gasteiger partial charge on any atom is -0.253 e. The largest absolute Gasteiger partial charge is 0.279 e. The van der Waals surface area contributed by atoms with Crippen LogP contribution in [0.3, 0.4) is 0 Å². The van der Waals surface area contributed by atoms with Crippen LogP contribution in [0.1, 0.15) is 26.2 Å². The van der Waals surface area contributed by atoms with E-state index in [9.17, 15) is 8.42 Å². The molecular weight excluding hydrogens is 266 g/mol. The van der Waals surface area contributed by atoms with Gasteiger partial charge in [-0.25, -0.2) is 9.71 Å². The van der Waals surface area contributed by atoms with Crippen LogP contribution in [0.5, 0.6) is 0 Å². The molecule has 2 rings (SSSR count). The summed E-state index contributed by atoms with van der Waals surface area (Å²) in [5.74, 6) is 0.445. The minimum atomic E-state index is -3.32. The van der Waals surface area contributed by atoms with Crippen LogP contribution in [-0.2, 0) is 16.8 Å². The first kappa shape index (κ1) is 14.4. The van der Waals surface area contributed by atoms with E-state index in [2.05, 4.69) is 21.7 Å². The lowest BCUT2D eigenvalue weighted by Gasteiger charge is -2.29. The lowest BCUT2D eigenvalue weighted by atomic mass is 10.0. The van der Waals surface area contributed by atoms with Gasteiger partial charge in [0.2, 0.25) is 0 Å². The molecule has 1 unspecified atom stereocenters. The maximum absolute atomic E-state index is 12.1. The molecule has 0 amide bonds. The molecule has 19 heavy (non-hydrogen) atoms. The highest BCUT2D eigenvalue weighted by Crippen LogP contribution is 2.17. The van der Waals surface area contributed by atoms with Gasteiger partial charge in [0, 0.05) is 26.2 Å². The summed E-state index contributed by atoms with van der Waals surface area (Å²) in [6.45, 7) is 4.43. The molecule has 0 aromatic carbocycles. The molecule has 1 fully saturated rings. The number of aromatic nitrogens is 3. The van der Waals surface area contributed by atoms with Crippen molar-refractivity contribution in [3.8, 4) is 0 Å². The van der Waals surface area contributed by atoms with E-state index in [0.717, 1.165) is 12.8 Å². The zero-order chi connectivity index (χ0) is 13.7. The Labute approximate surface area is 114 Å². The zero-order valence-corrected chi connectivity index (χ0v) is 12.0. The van der Waals surface area contributed by atoms with E-state index in [-0.39, 0.29) is 0 Å². The average molecular weight is 287 g/mol. The van der Waals surface area contributed by atoms with Gasteiger partial charge in [0.15, 0.2) is 0 Å². The van der Waals surface area contributed by atoms with Gasteiger partial charge in [0.25, 0.3) is 10.2 Å². The summed E-state index contributed by atoms with van der Waals surface area (Å²) in [5, 5.41) is 3.97. The summed E-state index contributed by atoms with van der Waals surface area (Å²) < 4.78 is 30.0. The Morgan fingerprint density at radius 3 is 3.00 bits per heavy atom. The van der Waals surface area contributed by atoms with Crippen LogP contribution in [-0.4, -0.2) is 47.1 Å². The van der Waals surface area contributed by atoms with E-state index in [1.54, 1.807) is 15.3 Å². The second-order valence-electron chi connectivity index (χ2n) is 5.02. The Balaban J connectivity index is 1.74. The van der Waals surface area contributed by atoms with Gasteiger partial charge in [-0.2, -0.15) is 17.8 Å². The molecule has 0 spiro atoms. The van der Waals surface area contributed by atoms with Crippen molar-refractivity contribution in [2.75, 3.05) is 19.6 Å². The Kier molecular flexibility index (Phi) is 4.89. The van der Waals surface area contributed by atoms with Crippen molar-refractivity contribution >= 4 is 10.2 Å². The second-order valence-corrected chi connectivity index (χ2v) is 6.77. The van der Waals surface area contributed by atoms with Crippen molar-refractivity contribution in [2.45, 2.75) is 32.7 Å². The van der Waals surface area contributed by atoms with Crippen molar-refractivity contribution in [2.24, 2.45) is 5.92 Å². The fourth-order valence-corrected chi connectivity index (χ4v) is 3.65. The van der Waals surface area contributed by atoms with E-state index in [1.807, 2.05) is 0 Å². The molecule has 1 aromatic heterocycles. The Bertz CT molecular complexity index is 473. The van der Waals surface area contributed by atoms with E-state index in [0.29, 0.717) is 38.5 Å². The van der Waals surface area contributed by atoms with Gasteiger partial charge in [-0.15, -0.1) is 0 Å². The van der Waals surface area contributed by atoms with Crippen LogP contribution < -0.4 is 4.72 Å². The van der Waals surface area contributed by atoms with Crippen molar-refractivity contribution in [1.82, 2.24) is 23.8 Å². The van der Waals surface area contributed by atoms with Gasteiger partial charge in [0.1, 0.15) is 12.7 Å². The molecule has 0 radical (unpaired) electrons. The molecular formula is C11H21N5O2S. The number of piperidine rings is 1.